The molecule has 2 N–H and O–H groups in total. The van der Waals surface area contributed by atoms with E-state index in [-0.39, 0.29) is 11.3 Å². The van der Waals surface area contributed by atoms with Crippen LogP contribution in [0, 0.1) is 5.41 Å². The highest BCUT2D eigenvalue weighted by atomic mass is 32.1. The van der Waals surface area contributed by atoms with Crippen molar-refractivity contribution in [1.82, 2.24) is 5.32 Å². The third kappa shape index (κ3) is 6.18. The predicted octanol–water partition coefficient (Wildman–Crippen LogP) is 2.86. The predicted molar refractivity (Wildman–Crippen MR) is 80.6 cm³/mol. The maximum Gasteiger partial charge on any atom is 0.221 e. The maximum atomic E-state index is 11.1. The van der Waals surface area contributed by atoms with Crippen molar-refractivity contribution in [3.8, 4) is 0 Å². The molecule has 0 bridgehead atoms. The quantitative estimate of drug-likeness (QED) is 0.772. The zero-order valence-electron chi connectivity index (χ0n) is 12.2. The molecule has 5 heteroatoms. The van der Waals surface area contributed by atoms with Crippen molar-refractivity contribution in [2.24, 2.45) is 5.41 Å². The Bertz CT molecular complexity index is 402. The van der Waals surface area contributed by atoms with Gasteiger partial charge in [0.2, 0.25) is 5.91 Å². The first-order chi connectivity index (χ1) is 8.94. The number of anilines is 1. The summed E-state index contributed by atoms with van der Waals surface area (Å²) >= 11 is 1.66. The number of hydrogen-bond acceptors (Lipinski definition) is 4. The Morgan fingerprint density at radius 3 is 2.84 bits per heavy atom. The first kappa shape index (κ1) is 16.1. The summed E-state index contributed by atoms with van der Waals surface area (Å²) < 4.78 is 5.12. The summed E-state index contributed by atoms with van der Waals surface area (Å²) in [4.78, 5) is 12.2. The van der Waals surface area contributed by atoms with Crippen LogP contribution in [-0.4, -0.2) is 26.2 Å². The second kappa shape index (κ2) is 7.62. The van der Waals surface area contributed by atoms with E-state index in [0.29, 0.717) is 0 Å². The zero-order valence-corrected chi connectivity index (χ0v) is 13.0. The van der Waals surface area contributed by atoms with Gasteiger partial charge in [0.15, 0.2) is 0 Å². The van der Waals surface area contributed by atoms with Gasteiger partial charge in [-0.15, -0.1) is 11.3 Å². The monoisotopic (exact) mass is 284 g/mol. The van der Waals surface area contributed by atoms with Gasteiger partial charge in [-0.1, -0.05) is 13.8 Å². The van der Waals surface area contributed by atoms with E-state index in [1.807, 2.05) is 11.4 Å². The molecule has 1 aromatic heterocycles. The lowest BCUT2D eigenvalue weighted by Gasteiger charge is -2.24. The van der Waals surface area contributed by atoms with Crippen molar-refractivity contribution in [1.29, 1.82) is 0 Å². The summed E-state index contributed by atoms with van der Waals surface area (Å²) in [6, 6.07) is 1.94. The Morgan fingerprint density at radius 1 is 1.47 bits per heavy atom. The second-order valence-electron chi connectivity index (χ2n) is 5.45. The molecule has 0 fully saturated rings. The highest BCUT2D eigenvalue weighted by Crippen LogP contribution is 2.23. The summed E-state index contributed by atoms with van der Waals surface area (Å²) in [5, 5.41) is 8.30. The van der Waals surface area contributed by atoms with Crippen LogP contribution in [0.15, 0.2) is 11.4 Å². The van der Waals surface area contributed by atoms with E-state index >= 15 is 0 Å². The molecule has 0 aromatic carbocycles. The molecule has 0 unspecified atom stereocenters. The normalized spacial score (nSPS) is 11.6. The topological polar surface area (TPSA) is 50.4 Å². The summed E-state index contributed by atoms with van der Waals surface area (Å²) in [7, 11) is 1.73. The molecule has 0 aliphatic heterocycles. The molecule has 0 atom stereocenters. The number of carbonyl (C=O) groups excluding carboxylic acids is 1. The molecule has 0 aliphatic carbocycles. The number of nitrogens with one attached hydrogen (secondary N) is 2. The van der Waals surface area contributed by atoms with Crippen LogP contribution in [-0.2, 0) is 16.1 Å². The number of thiophene rings is 1. The van der Waals surface area contributed by atoms with Gasteiger partial charge in [0.05, 0.1) is 5.69 Å². The van der Waals surface area contributed by atoms with Gasteiger partial charge in [0, 0.05) is 38.6 Å². The highest BCUT2D eigenvalue weighted by Gasteiger charge is 2.17. The lowest BCUT2D eigenvalue weighted by Crippen LogP contribution is -2.30. The van der Waals surface area contributed by atoms with Gasteiger partial charge in [-0.2, -0.15) is 0 Å². The highest BCUT2D eigenvalue weighted by molar-refractivity contribution is 7.10. The number of carbonyl (C=O) groups is 1. The smallest absolute Gasteiger partial charge is 0.221 e. The van der Waals surface area contributed by atoms with Gasteiger partial charge >= 0.3 is 0 Å². The van der Waals surface area contributed by atoms with Crippen LogP contribution in [0.3, 0.4) is 0 Å². The van der Waals surface area contributed by atoms with E-state index in [1.165, 1.54) is 6.92 Å². The molecular weight excluding hydrogens is 260 g/mol. The summed E-state index contributed by atoms with van der Waals surface area (Å²) in [5.74, 6) is -0.0277. The maximum absolute atomic E-state index is 11.1. The Balaban J connectivity index is 2.40. The summed E-state index contributed by atoms with van der Waals surface area (Å²) in [6.07, 6.45) is 1.03. The number of hydrogen-bond donors (Lipinski definition) is 2. The van der Waals surface area contributed by atoms with E-state index in [0.717, 1.165) is 36.7 Å². The number of ether oxygens (including phenoxy) is 1. The molecule has 0 spiro atoms. The van der Waals surface area contributed by atoms with E-state index in [4.69, 9.17) is 4.74 Å². The van der Waals surface area contributed by atoms with Gasteiger partial charge in [0.25, 0.3) is 0 Å². The molecule has 4 nitrogen and oxygen atoms in total. The van der Waals surface area contributed by atoms with Gasteiger partial charge < -0.3 is 15.4 Å². The molecule has 19 heavy (non-hydrogen) atoms. The first-order valence-corrected chi connectivity index (χ1v) is 7.36. The fourth-order valence-corrected chi connectivity index (χ4v) is 2.56. The van der Waals surface area contributed by atoms with E-state index in [2.05, 4.69) is 24.5 Å². The minimum Gasteiger partial charge on any atom is -0.385 e. The Hall–Kier alpha value is -0.910. The Labute approximate surface area is 119 Å². The Kier molecular flexibility index (Phi) is 6.48. The average molecular weight is 284 g/mol. The van der Waals surface area contributed by atoms with Crippen molar-refractivity contribution < 1.29 is 9.53 Å². The summed E-state index contributed by atoms with van der Waals surface area (Å²) in [6.45, 7) is 8.47. The first-order valence-electron chi connectivity index (χ1n) is 6.48. The van der Waals surface area contributed by atoms with Gasteiger partial charge in [-0.05, 0) is 23.3 Å². The molecule has 1 heterocycles. The molecule has 0 aliphatic rings. The van der Waals surface area contributed by atoms with Crippen LogP contribution >= 0.6 is 11.3 Å². The zero-order chi connectivity index (χ0) is 14.3. The van der Waals surface area contributed by atoms with Crippen LogP contribution in [0.25, 0.3) is 0 Å². The van der Waals surface area contributed by atoms with Crippen LogP contribution < -0.4 is 10.6 Å². The molecule has 0 radical (unpaired) electrons. The molecule has 1 rings (SSSR count). The van der Waals surface area contributed by atoms with Crippen molar-refractivity contribution in [3.05, 3.63) is 16.3 Å². The molecule has 1 amide bonds. The second-order valence-corrected chi connectivity index (χ2v) is 6.45. The molecule has 0 saturated heterocycles. The van der Waals surface area contributed by atoms with Crippen LogP contribution in [0.1, 0.15) is 32.1 Å². The number of methoxy groups -OCH3 is 1. The molecule has 0 saturated carbocycles. The number of amides is 1. The van der Waals surface area contributed by atoms with Crippen LogP contribution in [0.5, 0.6) is 0 Å². The van der Waals surface area contributed by atoms with Crippen molar-refractivity contribution in [2.45, 2.75) is 33.7 Å². The van der Waals surface area contributed by atoms with E-state index in [1.54, 1.807) is 18.4 Å². The van der Waals surface area contributed by atoms with E-state index in [9.17, 15) is 4.79 Å². The van der Waals surface area contributed by atoms with Gasteiger partial charge in [-0.3, -0.25) is 4.79 Å². The van der Waals surface area contributed by atoms with Gasteiger partial charge in [0.1, 0.15) is 0 Å². The third-order valence-corrected chi connectivity index (χ3v) is 3.85. The molecule has 108 valence electrons. The largest absolute Gasteiger partial charge is 0.385 e. The average Bonchev–Trinajstić information content (AvgIpc) is 2.73. The minimum atomic E-state index is -0.0277. The number of rotatable bonds is 8. The van der Waals surface area contributed by atoms with Crippen LogP contribution in [0.4, 0.5) is 5.69 Å². The standard InChI is InChI=1S/C14H24N2O2S/c1-11(17)16-12-5-8-19-13(12)9-15-10-14(2,3)6-7-18-4/h5,8,15H,6-7,9-10H2,1-4H3,(H,16,17). The minimum absolute atomic E-state index is 0.0277. The lowest BCUT2D eigenvalue weighted by atomic mass is 9.90. The van der Waals surface area contributed by atoms with E-state index < -0.39 is 0 Å². The fourth-order valence-electron chi connectivity index (χ4n) is 1.76. The van der Waals surface area contributed by atoms with Crippen molar-refractivity contribution in [2.75, 3.05) is 25.6 Å². The van der Waals surface area contributed by atoms with Gasteiger partial charge in [-0.25, -0.2) is 0 Å². The van der Waals surface area contributed by atoms with Crippen LogP contribution in [0.2, 0.25) is 0 Å². The summed E-state index contributed by atoms with van der Waals surface area (Å²) in [5.41, 5.74) is 1.13. The third-order valence-electron chi connectivity index (χ3n) is 2.93. The van der Waals surface area contributed by atoms with Crippen molar-refractivity contribution in [3.63, 3.8) is 0 Å². The lowest BCUT2D eigenvalue weighted by molar-refractivity contribution is -0.114. The molecule has 1 aromatic rings. The fraction of sp³-hybridized carbons (Fsp3) is 0.643. The van der Waals surface area contributed by atoms with Crippen molar-refractivity contribution >= 4 is 22.9 Å². The SMILES string of the molecule is COCCC(C)(C)CNCc1sccc1NC(C)=O. The molecular formula is C14H24N2O2S. The Morgan fingerprint density at radius 2 is 2.21 bits per heavy atom.